The van der Waals surface area contributed by atoms with Gasteiger partial charge >= 0.3 is 5.97 Å². The van der Waals surface area contributed by atoms with E-state index in [0.29, 0.717) is 5.92 Å². The van der Waals surface area contributed by atoms with Gasteiger partial charge in [-0.3, -0.25) is 4.79 Å². The van der Waals surface area contributed by atoms with Crippen molar-refractivity contribution in [3.63, 3.8) is 0 Å². The molecule has 3 N–H and O–H groups in total. The Balaban J connectivity index is 2.68. The maximum atomic E-state index is 10.7. The van der Waals surface area contributed by atoms with Crippen molar-refractivity contribution in [1.82, 2.24) is 0 Å². The summed E-state index contributed by atoms with van der Waals surface area (Å²) in [5.74, 6) is -0.402. The second-order valence-electron chi connectivity index (χ2n) is 4.12. The molecule has 1 aliphatic carbocycles. The average Bonchev–Trinajstić information content (AvgIpc) is 2.02. The summed E-state index contributed by atoms with van der Waals surface area (Å²) in [6.07, 6.45) is 3.82. The second kappa shape index (κ2) is 3.88. The summed E-state index contributed by atoms with van der Waals surface area (Å²) in [6, 6.07) is -0.835. The van der Waals surface area contributed by atoms with Crippen LogP contribution in [0.2, 0.25) is 0 Å². The van der Waals surface area contributed by atoms with E-state index in [1.807, 2.05) is 0 Å². The Hall–Kier alpha value is -0.220. The number of rotatable bonds is 2. The fourth-order valence-corrected chi connectivity index (χ4v) is 2.66. The monoisotopic (exact) mass is 203 g/mol. The van der Waals surface area contributed by atoms with Gasteiger partial charge in [-0.05, 0) is 18.8 Å². The van der Waals surface area contributed by atoms with Gasteiger partial charge in [-0.2, -0.15) is 12.6 Å². The second-order valence-corrected chi connectivity index (χ2v) is 5.01. The summed E-state index contributed by atoms with van der Waals surface area (Å²) in [6.45, 7) is 2.12. The molecule has 0 aliphatic heterocycles. The lowest BCUT2D eigenvalue weighted by Crippen LogP contribution is -2.51. The highest BCUT2D eigenvalue weighted by atomic mass is 32.1. The zero-order chi connectivity index (χ0) is 10.1. The zero-order valence-corrected chi connectivity index (χ0v) is 8.76. The van der Waals surface area contributed by atoms with Crippen LogP contribution in [0, 0.1) is 5.92 Å². The first kappa shape index (κ1) is 10.9. The summed E-state index contributed by atoms with van der Waals surface area (Å²) in [5.41, 5.74) is 5.61. The molecular formula is C9H17NO2S. The van der Waals surface area contributed by atoms with Crippen LogP contribution in [0.1, 0.15) is 32.6 Å². The van der Waals surface area contributed by atoms with Crippen LogP contribution in [0.25, 0.3) is 0 Å². The Labute approximate surface area is 84.1 Å². The summed E-state index contributed by atoms with van der Waals surface area (Å²) in [5, 5.41) is 8.81. The third kappa shape index (κ3) is 2.38. The predicted octanol–water partition coefficient (Wildman–Crippen LogP) is 1.28. The Morgan fingerprint density at radius 2 is 2.38 bits per heavy atom. The highest BCUT2D eigenvalue weighted by molar-refractivity contribution is 7.82. The number of thiol groups is 1. The minimum atomic E-state index is -0.941. The fourth-order valence-electron chi connectivity index (χ4n) is 2.08. The van der Waals surface area contributed by atoms with Crippen LogP contribution in [-0.4, -0.2) is 21.9 Å². The molecule has 1 saturated carbocycles. The largest absolute Gasteiger partial charge is 0.480 e. The van der Waals surface area contributed by atoms with Crippen molar-refractivity contribution in [3.05, 3.63) is 0 Å². The van der Waals surface area contributed by atoms with Gasteiger partial charge in [0.25, 0.3) is 0 Å². The summed E-state index contributed by atoms with van der Waals surface area (Å²) < 4.78 is -0.497. The molecule has 4 heteroatoms. The summed E-state index contributed by atoms with van der Waals surface area (Å²) >= 11 is 4.44. The van der Waals surface area contributed by atoms with Crippen molar-refractivity contribution in [1.29, 1.82) is 0 Å². The van der Waals surface area contributed by atoms with Crippen molar-refractivity contribution >= 4 is 18.6 Å². The first-order valence-corrected chi connectivity index (χ1v) is 5.11. The number of carbonyl (C=O) groups is 1. The van der Waals surface area contributed by atoms with Crippen molar-refractivity contribution in [2.45, 2.75) is 43.4 Å². The molecule has 3 nitrogen and oxygen atoms in total. The molecule has 13 heavy (non-hydrogen) atoms. The fraction of sp³-hybridized carbons (Fsp3) is 0.889. The molecule has 0 amide bonds. The van der Waals surface area contributed by atoms with Gasteiger partial charge in [0.05, 0.1) is 0 Å². The van der Waals surface area contributed by atoms with Gasteiger partial charge in [-0.1, -0.05) is 19.8 Å². The molecule has 0 saturated heterocycles. The normalized spacial score (nSPS) is 37.0. The number of nitrogens with two attached hydrogens (primary N) is 1. The van der Waals surface area contributed by atoms with Crippen LogP contribution in [-0.2, 0) is 4.79 Å². The van der Waals surface area contributed by atoms with E-state index in [-0.39, 0.29) is 0 Å². The third-order valence-electron chi connectivity index (χ3n) is 2.85. The lowest BCUT2D eigenvalue weighted by molar-refractivity contribution is -0.139. The Kier molecular flexibility index (Phi) is 3.24. The van der Waals surface area contributed by atoms with Crippen molar-refractivity contribution < 1.29 is 9.90 Å². The molecule has 0 aromatic carbocycles. The van der Waals surface area contributed by atoms with Crippen molar-refractivity contribution in [2.75, 3.05) is 0 Å². The molecule has 0 bridgehead atoms. The molecule has 1 aliphatic rings. The van der Waals surface area contributed by atoms with Gasteiger partial charge in [0.2, 0.25) is 0 Å². The smallest absolute Gasteiger partial charge is 0.321 e. The minimum absolute atomic E-state index is 0.497. The standard InChI is InChI=1S/C9H17NO2S/c1-6-3-2-4-9(13,5-6)7(10)8(11)12/h6-7,13H,2-5,10H2,1H3,(H,11,12). The molecule has 1 fully saturated rings. The van der Waals surface area contributed by atoms with Crippen LogP contribution >= 0.6 is 12.6 Å². The van der Waals surface area contributed by atoms with E-state index in [1.54, 1.807) is 0 Å². The topological polar surface area (TPSA) is 63.3 Å². The van der Waals surface area contributed by atoms with Gasteiger partial charge in [0.1, 0.15) is 6.04 Å². The Morgan fingerprint density at radius 3 is 2.85 bits per heavy atom. The predicted molar refractivity (Wildman–Crippen MR) is 55.0 cm³/mol. The number of hydrogen-bond donors (Lipinski definition) is 3. The first-order chi connectivity index (χ1) is 5.96. The Morgan fingerprint density at radius 1 is 1.77 bits per heavy atom. The lowest BCUT2D eigenvalue weighted by Gasteiger charge is -2.38. The third-order valence-corrected chi connectivity index (χ3v) is 3.54. The molecule has 0 spiro atoms. The molecule has 1 rings (SSSR count). The summed E-state index contributed by atoms with van der Waals surface area (Å²) in [7, 11) is 0. The van der Waals surface area contributed by atoms with E-state index in [2.05, 4.69) is 19.6 Å². The van der Waals surface area contributed by atoms with Gasteiger partial charge < -0.3 is 10.8 Å². The van der Waals surface area contributed by atoms with E-state index in [4.69, 9.17) is 10.8 Å². The van der Waals surface area contributed by atoms with E-state index >= 15 is 0 Å². The SMILES string of the molecule is CC1CCCC(S)(C(N)C(=O)O)C1. The highest BCUT2D eigenvalue weighted by Gasteiger charge is 2.40. The number of hydrogen-bond acceptors (Lipinski definition) is 3. The van der Waals surface area contributed by atoms with Crippen LogP contribution in [0.3, 0.4) is 0 Å². The molecule has 0 heterocycles. The Bertz CT molecular complexity index is 210. The molecular weight excluding hydrogens is 186 g/mol. The quantitative estimate of drug-likeness (QED) is 0.592. The molecule has 0 aromatic heterocycles. The van der Waals surface area contributed by atoms with E-state index in [9.17, 15) is 4.79 Å². The average molecular weight is 203 g/mol. The van der Waals surface area contributed by atoms with Gasteiger partial charge in [-0.15, -0.1) is 0 Å². The van der Waals surface area contributed by atoms with Gasteiger partial charge in [0, 0.05) is 4.75 Å². The maximum absolute atomic E-state index is 10.7. The summed E-state index contributed by atoms with van der Waals surface area (Å²) in [4.78, 5) is 10.7. The first-order valence-electron chi connectivity index (χ1n) is 4.66. The molecule has 3 atom stereocenters. The lowest BCUT2D eigenvalue weighted by atomic mass is 9.78. The van der Waals surface area contributed by atoms with Crippen LogP contribution in [0.4, 0.5) is 0 Å². The van der Waals surface area contributed by atoms with Gasteiger partial charge in [0.15, 0.2) is 0 Å². The number of carboxylic acid groups (broad SMARTS) is 1. The number of carboxylic acids is 1. The van der Waals surface area contributed by atoms with E-state index < -0.39 is 16.8 Å². The maximum Gasteiger partial charge on any atom is 0.321 e. The van der Waals surface area contributed by atoms with E-state index in [1.165, 1.54) is 0 Å². The van der Waals surface area contributed by atoms with Crippen LogP contribution in [0.15, 0.2) is 0 Å². The molecule has 3 unspecified atom stereocenters. The molecule has 0 radical (unpaired) electrons. The van der Waals surface area contributed by atoms with Crippen LogP contribution < -0.4 is 5.73 Å². The van der Waals surface area contributed by atoms with Crippen molar-refractivity contribution in [2.24, 2.45) is 11.7 Å². The molecule has 76 valence electrons. The number of aliphatic carboxylic acids is 1. The molecule has 0 aromatic rings. The van der Waals surface area contributed by atoms with Crippen LogP contribution in [0.5, 0.6) is 0 Å². The minimum Gasteiger partial charge on any atom is -0.480 e. The van der Waals surface area contributed by atoms with E-state index in [0.717, 1.165) is 25.7 Å². The van der Waals surface area contributed by atoms with Gasteiger partial charge in [-0.25, -0.2) is 0 Å². The van der Waals surface area contributed by atoms with Crippen molar-refractivity contribution in [3.8, 4) is 0 Å². The highest BCUT2D eigenvalue weighted by Crippen LogP contribution is 2.38. The zero-order valence-electron chi connectivity index (χ0n) is 7.86.